The normalized spacial score (nSPS) is 11.3. The third-order valence-corrected chi connectivity index (χ3v) is 3.64. The van der Waals surface area contributed by atoms with E-state index in [1.807, 2.05) is 0 Å². The molecular weight excluding hydrogens is 272 g/mol. The summed E-state index contributed by atoms with van der Waals surface area (Å²) < 4.78 is 31.3. The van der Waals surface area contributed by atoms with Gasteiger partial charge in [-0.05, 0) is 17.3 Å². The van der Waals surface area contributed by atoms with Gasteiger partial charge >= 0.3 is 0 Å². The maximum absolute atomic E-state index is 12.1. The highest BCUT2D eigenvalue weighted by Crippen LogP contribution is 2.24. The minimum absolute atomic E-state index is 0.0655. The van der Waals surface area contributed by atoms with Crippen LogP contribution in [0, 0.1) is 0 Å². The number of anilines is 2. The molecule has 0 saturated heterocycles. The second-order valence-corrected chi connectivity index (χ2v) is 5.26. The van der Waals surface area contributed by atoms with E-state index in [9.17, 15) is 8.42 Å². The average molecular weight is 284 g/mol. The molecule has 0 aliphatic carbocycles. The number of tetrazole rings is 1. The molecule has 1 aromatic heterocycles. The molecule has 3 N–H and O–H groups in total. The maximum atomic E-state index is 12.1. The monoisotopic (exact) mass is 284 g/mol. The van der Waals surface area contributed by atoms with Crippen LogP contribution in [0.1, 0.15) is 0 Å². The third-order valence-electron chi connectivity index (χ3n) is 2.24. The second kappa shape index (κ2) is 4.72. The zero-order chi connectivity index (χ0) is 14.0. The fourth-order valence-corrected chi connectivity index (χ4v) is 2.45. The van der Waals surface area contributed by atoms with E-state index in [1.165, 1.54) is 32.4 Å². The number of ether oxygens (including phenoxy) is 1. The first-order valence-corrected chi connectivity index (χ1v) is 6.61. The van der Waals surface area contributed by atoms with E-state index in [1.54, 1.807) is 0 Å². The van der Waals surface area contributed by atoms with Gasteiger partial charge in [-0.2, -0.15) is 4.80 Å². The van der Waals surface area contributed by atoms with Crippen LogP contribution in [-0.4, -0.2) is 35.7 Å². The van der Waals surface area contributed by atoms with Crippen molar-refractivity contribution in [3.8, 4) is 5.75 Å². The lowest BCUT2D eigenvalue weighted by Gasteiger charge is -2.08. The van der Waals surface area contributed by atoms with Crippen molar-refractivity contribution in [2.45, 2.75) is 4.90 Å². The van der Waals surface area contributed by atoms with E-state index < -0.39 is 10.0 Å². The topological polar surface area (TPSA) is 125 Å². The molecule has 102 valence electrons. The number of nitrogens with one attached hydrogen (secondary N) is 1. The maximum Gasteiger partial charge on any atom is 0.277 e. The molecule has 0 bridgehead atoms. The van der Waals surface area contributed by atoms with Gasteiger partial charge in [-0.25, -0.2) is 13.1 Å². The number of sulfonamides is 1. The van der Waals surface area contributed by atoms with Crippen LogP contribution in [0.3, 0.4) is 0 Å². The largest absolute Gasteiger partial charge is 0.497 e. The van der Waals surface area contributed by atoms with Crippen molar-refractivity contribution in [1.29, 1.82) is 0 Å². The number of nitrogen functional groups attached to an aromatic ring is 1. The Balaban J connectivity index is 2.34. The first-order valence-electron chi connectivity index (χ1n) is 5.13. The molecule has 10 heteroatoms. The van der Waals surface area contributed by atoms with Crippen molar-refractivity contribution in [2.75, 3.05) is 17.6 Å². The Kier molecular flexibility index (Phi) is 3.25. The van der Waals surface area contributed by atoms with Crippen molar-refractivity contribution >= 4 is 21.7 Å². The van der Waals surface area contributed by atoms with Crippen LogP contribution in [0.4, 0.5) is 11.6 Å². The fraction of sp³-hybridized carbons (Fsp3) is 0.222. The smallest absolute Gasteiger partial charge is 0.277 e. The van der Waals surface area contributed by atoms with E-state index in [2.05, 4.69) is 20.1 Å². The van der Waals surface area contributed by atoms with Crippen molar-refractivity contribution in [3.63, 3.8) is 0 Å². The van der Waals surface area contributed by atoms with Crippen LogP contribution in [0.2, 0.25) is 0 Å². The first-order chi connectivity index (χ1) is 8.92. The van der Waals surface area contributed by atoms with Gasteiger partial charge in [0.25, 0.3) is 16.0 Å². The summed E-state index contributed by atoms with van der Waals surface area (Å²) in [5.41, 5.74) is 5.75. The zero-order valence-corrected chi connectivity index (χ0v) is 11.0. The molecule has 2 aromatic rings. The Morgan fingerprint density at radius 2 is 2.16 bits per heavy atom. The molecule has 0 fully saturated rings. The van der Waals surface area contributed by atoms with Gasteiger partial charge in [0.2, 0.25) is 0 Å². The Morgan fingerprint density at radius 3 is 2.68 bits per heavy atom. The number of hydrogen-bond acceptors (Lipinski definition) is 7. The molecule has 0 saturated carbocycles. The molecule has 0 radical (unpaired) electrons. The summed E-state index contributed by atoms with van der Waals surface area (Å²) in [5.74, 6) is 0.340. The summed E-state index contributed by atoms with van der Waals surface area (Å²) in [4.78, 5) is 1.05. The predicted molar refractivity (Wildman–Crippen MR) is 67.0 cm³/mol. The number of nitrogens with zero attached hydrogens (tertiary/aromatic N) is 4. The van der Waals surface area contributed by atoms with Gasteiger partial charge in [0.15, 0.2) is 0 Å². The summed E-state index contributed by atoms with van der Waals surface area (Å²) in [7, 11) is -0.881. The van der Waals surface area contributed by atoms with Gasteiger partial charge in [0.1, 0.15) is 10.6 Å². The van der Waals surface area contributed by atoms with Crippen molar-refractivity contribution in [2.24, 2.45) is 7.05 Å². The van der Waals surface area contributed by atoms with E-state index in [0.717, 1.165) is 4.80 Å². The quantitative estimate of drug-likeness (QED) is 0.732. The molecule has 0 unspecified atom stereocenters. The summed E-state index contributed by atoms with van der Waals surface area (Å²) >= 11 is 0. The average Bonchev–Trinajstić information content (AvgIpc) is 2.73. The molecule has 2 rings (SSSR count). The predicted octanol–water partition coefficient (Wildman–Crippen LogP) is -0.398. The van der Waals surface area contributed by atoms with Crippen molar-refractivity contribution in [1.82, 2.24) is 20.2 Å². The number of aryl methyl sites for hydroxylation is 1. The van der Waals surface area contributed by atoms with Crippen LogP contribution in [0.25, 0.3) is 0 Å². The summed E-state index contributed by atoms with van der Waals surface area (Å²) in [5, 5.41) is 10.8. The molecule has 1 heterocycles. The zero-order valence-electron chi connectivity index (χ0n) is 10.2. The lowest BCUT2D eigenvalue weighted by Crippen LogP contribution is -2.16. The van der Waals surface area contributed by atoms with E-state index >= 15 is 0 Å². The molecule has 0 amide bonds. The lowest BCUT2D eigenvalue weighted by atomic mass is 10.3. The highest BCUT2D eigenvalue weighted by molar-refractivity contribution is 7.92. The number of aromatic nitrogens is 4. The van der Waals surface area contributed by atoms with E-state index in [4.69, 9.17) is 10.5 Å². The van der Waals surface area contributed by atoms with Crippen LogP contribution in [0.5, 0.6) is 5.75 Å². The van der Waals surface area contributed by atoms with Gasteiger partial charge < -0.3 is 10.5 Å². The SMILES string of the molecule is COc1ccc(S(=O)(=O)Nc2nnn(C)n2)c(N)c1. The summed E-state index contributed by atoms with van der Waals surface area (Å²) in [6.45, 7) is 0. The summed E-state index contributed by atoms with van der Waals surface area (Å²) in [6, 6.07) is 4.25. The van der Waals surface area contributed by atoms with Gasteiger partial charge in [0.05, 0.1) is 19.8 Å². The number of benzene rings is 1. The molecule has 9 nitrogen and oxygen atoms in total. The number of rotatable bonds is 4. The highest BCUT2D eigenvalue weighted by Gasteiger charge is 2.20. The molecule has 0 atom stereocenters. The minimum Gasteiger partial charge on any atom is -0.497 e. The van der Waals surface area contributed by atoms with Crippen molar-refractivity contribution < 1.29 is 13.2 Å². The highest BCUT2D eigenvalue weighted by atomic mass is 32.2. The molecule has 1 aromatic carbocycles. The lowest BCUT2D eigenvalue weighted by molar-refractivity contribution is 0.414. The van der Waals surface area contributed by atoms with Crippen LogP contribution >= 0.6 is 0 Å². The Hall–Kier alpha value is -2.36. The molecule has 19 heavy (non-hydrogen) atoms. The number of hydrogen-bond donors (Lipinski definition) is 2. The van der Waals surface area contributed by atoms with E-state index in [-0.39, 0.29) is 16.5 Å². The number of nitrogens with two attached hydrogens (primary N) is 1. The third kappa shape index (κ3) is 2.73. The second-order valence-electron chi connectivity index (χ2n) is 3.61. The fourth-order valence-electron chi connectivity index (χ4n) is 1.40. The Bertz CT molecular complexity index is 696. The Labute approximate surface area is 109 Å². The molecular formula is C9H12N6O3S. The van der Waals surface area contributed by atoms with Gasteiger partial charge in [-0.1, -0.05) is 5.10 Å². The van der Waals surface area contributed by atoms with Crippen LogP contribution < -0.4 is 15.2 Å². The Morgan fingerprint density at radius 1 is 1.42 bits per heavy atom. The van der Waals surface area contributed by atoms with E-state index in [0.29, 0.717) is 5.75 Å². The van der Waals surface area contributed by atoms with Gasteiger partial charge in [-0.3, -0.25) is 0 Å². The number of methoxy groups -OCH3 is 1. The van der Waals surface area contributed by atoms with Crippen molar-refractivity contribution in [3.05, 3.63) is 18.2 Å². The summed E-state index contributed by atoms with van der Waals surface area (Å²) in [6.07, 6.45) is 0. The molecule has 0 aliphatic rings. The van der Waals surface area contributed by atoms with Gasteiger partial charge in [-0.15, -0.1) is 5.10 Å². The molecule has 0 aliphatic heterocycles. The standard InChI is InChI=1S/C9H12N6O3S/c1-15-12-9(11-14-15)13-19(16,17)8-4-3-6(18-2)5-7(8)10/h3-5H,10H2,1-2H3,(H,12,13). The van der Waals surface area contributed by atoms with Gasteiger partial charge in [0, 0.05) is 6.07 Å². The molecule has 0 spiro atoms. The first kappa shape index (κ1) is 13.1. The van der Waals surface area contributed by atoms with Crippen LogP contribution in [-0.2, 0) is 17.1 Å². The minimum atomic E-state index is -3.86. The van der Waals surface area contributed by atoms with Crippen LogP contribution in [0.15, 0.2) is 23.1 Å².